The summed E-state index contributed by atoms with van der Waals surface area (Å²) in [5, 5.41) is 2.85. The molecular weight excluding hydrogens is 379 g/mol. The van der Waals surface area contributed by atoms with E-state index in [-0.39, 0.29) is 28.5 Å². The highest BCUT2D eigenvalue weighted by molar-refractivity contribution is 7.89. The topological polar surface area (TPSA) is 66.5 Å². The number of carbonyl (C=O) groups excluding carboxylic acids is 1. The number of sulfonamides is 1. The van der Waals surface area contributed by atoms with Crippen molar-refractivity contribution in [2.45, 2.75) is 36.5 Å². The van der Waals surface area contributed by atoms with Gasteiger partial charge in [-0.3, -0.25) is 4.79 Å². The Morgan fingerprint density at radius 2 is 1.61 bits per heavy atom. The summed E-state index contributed by atoms with van der Waals surface area (Å²) < 4.78 is 39.9. The van der Waals surface area contributed by atoms with Gasteiger partial charge in [-0.2, -0.15) is 4.31 Å². The Morgan fingerprint density at radius 3 is 2.25 bits per heavy atom. The van der Waals surface area contributed by atoms with Gasteiger partial charge in [0.15, 0.2) is 0 Å². The monoisotopic (exact) mass is 402 g/mol. The molecule has 0 radical (unpaired) electrons. The molecule has 28 heavy (non-hydrogen) atoms. The maximum atomic E-state index is 13.0. The van der Waals surface area contributed by atoms with Crippen LogP contribution >= 0.6 is 0 Å². The lowest BCUT2D eigenvalue weighted by molar-refractivity contribution is -0.117. The number of anilines is 1. The summed E-state index contributed by atoms with van der Waals surface area (Å²) in [6.07, 6.45) is 3.59. The van der Waals surface area contributed by atoms with Crippen molar-refractivity contribution in [3.05, 3.63) is 59.9 Å². The van der Waals surface area contributed by atoms with Crippen molar-refractivity contribution in [1.82, 2.24) is 4.31 Å². The molecule has 2 atom stereocenters. The van der Waals surface area contributed by atoms with Crippen molar-refractivity contribution in [3.8, 4) is 0 Å². The summed E-state index contributed by atoms with van der Waals surface area (Å²) in [6, 6.07) is 12.6. The Hall–Kier alpha value is -2.25. The third-order valence-corrected chi connectivity index (χ3v) is 7.41. The van der Waals surface area contributed by atoms with Crippen LogP contribution < -0.4 is 5.32 Å². The second kappa shape index (κ2) is 7.64. The molecule has 0 aromatic heterocycles. The molecule has 2 fully saturated rings. The van der Waals surface area contributed by atoms with Crippen molar-refractivity contribution in [1.29, 1.82) is 0 Å². The standard InChI is InChI=1S/C21H23FN2O3S/c22-16-6-4-15(5-7-16)19-14-20(19)21(25)23-17-8-10-18(11-9-17)28(26,27)24-12-2-1-3-13-24/h4-11,19-20H,1-3,12-14H2,(H,23,25). The van der Waals surface area contributed by atoms with Crippen LogP contribution in [0.5, 0.6) is 0 Å². The lowest BCUT2D eigenvalue weighted by Crippen LogP contribution is -2.35. The van der Waals surface area contributed by atoms with Gasteiger partial charge in [0.1, 0.15) is 5.82 Å². The van der Waals surface area contributed by atoms with E-state index in [1.165, 1.54) is 16.4 Å². The van der Waals surface area contributed by atoms with Gasteiger partial charge < -0.3 is 5.32 Å². The lowest BCUT2D eigenvalue weighted by Gasteiger charge is -2.25. The first-order valence-corrected chi connectivity index (χ1v) is 11.1. The Morgan fingerprint density at radius 1 is 0.964 bits per heavy atom. The van der Waals surface area contributed by atoms with E-state index in [0.717, 1.165) is 31.2 Å². The largest absolute Gasteiger partial charge is 0.326 e. The fraction of sp³-hybridized carbons (Fsp3) is 0.381. The zero-order valence-electron chi connectivity index (χ0n) is 15.5. The molecule has 148 valence electrons. The molecule has 1 amide bonds. The number of halogens is 1. The van der Waals surface area contributed by atoms with Crippen LogP contribution in [0.4, 0.5) is 10.1 Å². The van der Waals surface area contributed by atoms with Crippen LogP contribution in [-0.2, 0) is 14.8 Å². The number of rotatable bonds is 5. The summed E-state index contributed by atoms with van der Waals surface area (Å²) in [5.74, 6) is -0.410. The van der Waals surface area contributed by atoms with Crippen molar-refractivity contribution in [2.24, 2.45) is 5.92 Å². The fourth-order valence-corrected chi connectivity index (χ4v) is 5.28. The van der Waals surface area contributed by atoms with Crippen LogP contribution in [0.2, 0.25) is 0 Å². The van der Waals surface area contributed by atoms with E-state index in [0.29, 0.717) is 18.8 Å². The maximum absolute atomic E-state index is 13.0. The molecule has 1 heterocycles. The molecule has 7 heteroatoms. The van der Waals surface area contributed by atoms with Crippen LogP contribution in [0, 0.1) is 11.7 Å². The second-order valence-electron chi connectivity index (χ2n) is 7.48. The highest BCUT2D eigenvalue weighted by atomic mass is 32.2. The summed E-state index contributed by atoms with van der Waals surface area (Å²) >= 11 is 0. The highest BCUT2D eigenvalue weighted by Crippen LogP contribution is 2.48. The molecule has 4 rings (SSSR count). The van der Waals surface area contributed by atoms with Gasteiger partial charge in [0.05, 0.1) is 4.90 Å². The number of nitrogens with one attached hydrogen (secondary N) is 1. The number of nitrogens with zero attached hydrogens (tertiary/aromatic N) is 1. The van der Waals surface area contributed by atoms with Crippen LogP contribution in [0.1, 0.15) is 37.2 Å². The highest BCUT2D eigenvalue weighted by Gasteiger charge is 2.43. The van der Waals surface area contributed by atoms with Crippen LogP contribution in [0.3, 0.4) is 0 Å². The zero-order chi connectivity index (χ0) is 19.7. The van der Waals surface area contributed by atoms with Crippen molar-refractivity contribution < 1.29 is 17.6 Å². The van der Waals surface area contributed by atoms with E-state index in [1.54, 1.807) is 36.4 Å². The molecule has 0 spiro atoms. The van der Waals surface area contributed by atoms with Gasteiger partial charge in [-0.25, -0.2) is 12.8 Å². The van der Waals surface area contributed by atoms with Gasteiger partial charge in [-0.1, -0.05) is 18.6 Å². The van der Waals surface area contributed by atoms with Crippen molar-refractivity contribution in [2.75, 3.05) is 18.4 Å². The lowest BCUT2D eigenvalue weighted by atomic mass is 10.1. The minimum absolute atomic E-state index is 0.0963. The predicted molar refractivity (Wildman–Crippen MR) is 105 cm³/mol. The third-order valence-electron chi connectivity index (χ3n) is 5.50. The fourth-order valence-electron chi connectivity index (χ4n) is 3.76. The quantitative estimate of drug-likeness (QED) is 0.828. The van der Waals surface area contributed by atoms with Crippen LogP contribution in [0.25, 0.3) is 0 Å². The molecule has 1 aliphatic carbocycles. The molecule has 2 aliphatic rings. The van der Waals surface area contributed by atoms with Crippen LogP contribution in [0.15, 0.2) is 53.4 Å². The molecule has 5 nitrogen and oxygen atoms in total. The van der Waals surface area contributed by atoms with E-state index < -0.39 is 10.0 Å². The molecule has 1 saturated carbocycles. The van der Waals surface area contributed by atoms with Gasteiger partial charge >= 0.3 is 0 Å². The molecule has 2 aromatic carbocycles. The molecule has 1 aliphatic heterocycles. The number of piperidine rings is 1. The maximum Gasteiger partial charge on any atom is 0.243 e. The number of hydrogen-bond donors (Lipinski definition) is 1. The first-order chi connectivity index (χ1) is 13.4. The van der Waals surface area contributed by atoms with Crippen molar-refractivity contribution >= 4 is 21.6 Å². The number of carbonyl (C=O) groups is 1. The Labute approximate surface area is 164 Å². The zero-order valence-corrected chi connectivity index (χ0v) is 16.3. The number of amides is 1. The van der Waals surface area contributed by atoms with E-state index in [9.17, 15) is 17.6 Å². The van der Waals surface area contributed by atoms with Gasteiger partial charge in [0.2, 0.25) is 15.9 Å². The van der Waals surface area contributed by atoms with E-state index >= 15 is 0 Å². The number of hydrogen-bond acceptors (Lipinski definition) is 3. The molecule has 2 aromatic rings. The Kier molecular flexibility index (Phi) is 5.21. The minimum Gasteiger partial charge on any atom is -0.326 e. The summed E-state index contributed by atoms with van der Waals surface area (Å²) in [6.45, 7) is 1.13. The summed E-state index contributed by atoms with van der Waals surface area (Å²) in [7, 11) is -3.47. The predicted octanol–water partition coefficient (Wildman–Crippen LogP) is 3.74. The SMILES string of the molecule is O=C(Nc1ccc(S(=O)(=O)N2CCCCC2)cc1)C1CC1c1ccc(F)cc1. The number of benzene rings is 2. The minimum atomic E-state index is -3.47. The first kappa shape index (κ1) is 19.1. The smallest absolute Gasteiger partial charge is 0.243 e. The second-order valence-corrected chi connectivity index (χ2v) is 9.42. The summed E-state index contributed by atoms with van der Waals surface area (Å²) in [4.78, 5) is 12.7. The average molecular weight is 402 g/mol. The van der Waals surface area contributed by atoms with Gasteiger partial charge in [0.25, 0.3) is 0 Å². The van der Waals surface area contributed by atoms with E-state index in [1.807, 2.05) is 0 Å². The molecule has 2 unspecified atom stereocenters. The van der Waals surface area contributed by atoms with E-state index in [4.69, 9.17) is 0 Å². The average Bonchev–Trinajstić information content (AvgIpc) is 3.51. The van der Waals surface area contributed by atoms with Crippen LogP contribution in [-0.4, -0.2) is 31.7 Å². The van der Waals surface area contributed by atoms with Gasteiger partial charge in [-0.15, -0.1) is 0 Å². The molecule has 1 N–H and O–H groups in total. The van der Waals surface area contributed by atoms with E-state index in [2.05, 4.69) is 5.32 Å². The summed E-state index contributed by atoms with van der Waals surface area (Å²) in [5.41, 5.74) is 1.54. The van der Waals surface area contributed by atoms with Gasteiger partial charge in [0, 0.05) is 24.7 Å². The third kappa shape index (κ3) is 3.95. The molecule has 0 bridgehead atoms. The van der Waals surface area contributed by atoms with Gasteiger partial charge in [-0.05, 0) is 67.1 Å². The Balaban J connectivity index is 1.38. The molecular formula is C21H23FN2O3S. The molecule has 1 saturated heterocycles. The first-order valence-electron chi connectivity index (χ1n) is 9.62. The van der Waals surface area contributed by atoms with Crippen molar-refractivity contribution in [3.63, 3.8) is 0 Å². The Bertz CT molecular complexity index is 952. The normalized spacial score (nSPS) is 22.6.